The third-order valence-corrected chi connectivity index (χ3v) is 4.60. The molecule has 0 fully saturated rings. The number of hydrogen-bond donors (Lipinski definition) is 1. The highest BCUT2D eigenvalue weighted by Gasteiger charge is 2.19. The summed E-state index contributed by atoms with van der Waals surface area (Å²) >= 11 is 0. The molecule has 142 valence electrons. The summed E-state index contributed by atoms with van der Waals surface area (Å²) in [4.78, 5) is 17.0. The van der Waals surface area contributed by atoms with Crippen LogP contribution >= 0.6 is 0 Å². The number of amides is 1. The normalized spacial score (nSPS) is 12.3. The first kappa shape index (κ1) is 17.8. The molecule has 7 nitrogen and oxygen atoms in total. The van der Waals surface area contributed by atoms with Gasteiger partial charge in [-0.2, -0.15) is 10.2 Å². The number of nitrogens with one attached hydrogen (secondary N) is 1. The average molecular weight is 378 g/mol. The van der Waals surface area contributed by atoms with E-state index in [1.165, 1.54) is 12.1 Å². The number of nitrogens with zero attached hydrogens (tertiary/aromatic N) is 5. The number of halogens is 1. The van der Waals surface area contributed by atoms with Crippen LogP contribution in [0.3, 0.4) is 0 Å². The highest BCUT2D eigenvalue weighted by atomic mass is 19.1. The minimum Gasteiger partial charge on any atom is -0.344 e. The number of aryl methyl sites for hydroxylation is 2. The first-order chi connectivity index (χ1) is 13.4. The minimum absolute atomic E-state index is 0.212. The SMILES string of the molecule is Cc1nn(C)cc1[C@H](C)NC(=O)c1cc2nccc(-c3ccc(F)cc3)n2n1. The summed E-state index contributed by atoms with van der Waals surface area (Å²) in [5, 5.41) is 11.7. The van der Waals surface area contributed by atoms with Crippen molar-refractivity contribution in [1.82, 2.24) is 29.7 Å². The van der Waals surface area contributed by atoms with Gasteiger partial charge >= 0.3 is 0 Å². The molecule has 0 bridgehead atoms. The van der Waals surface area contributed by atoms with Gasteiger partial charge in [-0.1, -0.05) is 0 Å². The number of benzene rings is 1. The molecule has 3 heterocycles. The van der Waals surface area contributed by atoms with Crippen molar-refractivity contribution in [2.24, 2.45) is 7.05 Å². The third kappa shape index (κ3) is 3.24. The van der Waals surface area contributed by atoms with Crippen LogP contribution in [0.4, 0.5) is 4.39 Å². The number of rotatable bonds is 4. The average Bonchev–Trinajstić information content (AvgIpc) is 3.25. The predicted octanol–water partition coefficient (Wildman–Crippen LogP) is 3.07. The first-order valence-corrected chi connectivity index (χ1v) is 8.84. The van der Waals surface area contributed by atoms with Crippen LogP contribution in [0.25, 0.3) is 16.9 Å². The number of carbonyl (C=O) groups excluding carboxylic acids is 1. The molecule has 0 saturated carbocycles. The van der Waals surface area contributed by atoms with E-state index in [4.69, 9.17) is 0 Å². The van der Waals surface area contributed by atoms with E-state index >= 15 is 0 Å². The molecule has 1 aromatic carbocycles. The topological polar surface area (TPSA) is 77.1 Å². The van der Waals surface area contributed by atoms with Crippen molar-refractivity contribution in [1.29, 1.82) is 0 Å². The lowest BCUT2D eigenvalue weighted by Gasteiger charge is -2.11. The van der Waals surface area contributed by atoms with Crippen LogP contribution in [-0.4, -0.2) is 30.3 Å². The van der Waals surface area contributed by atoms with Gasteiger partial charge in [0.25, 0.3) is 5.91 Å². The van der Waals surface area contributed by atoms with Crippen molar-refractivity contribution < 1.29 is 9.18 Å². The van der Waals surface area contributed by atoms with E-state index in [1.54, 1.807) is 39.7 Å². The molecule has 4 rings (SSSR count). The second-order valence-corrected chi connectivity index (χ2v) is 6.68. The summed E-state index contributed by atoms with van der Waals surface area (Å²) in [7, 11) is 1.84. The Morgan fingerprint density at radius 1 is 1.18 bits per heavy atom. The molecule has 0 spiro atoms. The maximum atomic E-state index is 13.2. The number of hydrogen-bond acceptors (Lipinski definition) is 4. The van der Waals surface area contributed by atoms with Crippen LogP contribution in [0.1, 0.15) is 34.7 Å². The van der Waals surface area contributed by atoms with Crippen molar-refractivity contribution in [3.05, 3.63) is 71.6 Å². The van der Waals surface area contributed by atoms with Gasteiger partial charge in [0.1, 0.15) is 5.82 Å². The Balaban J connectivity index is 1.64. The smallest absolute Gasteiger partial charge is 0.272 e. The van der Waals surface area contributed by atoms with Crippen molar-refractivity contribution in [3.63, 3.8) is 0 Å². The fourth-order valence-electron chi connectivity index (χ4n) is 3.24. The van der Waals surface area contributed by atoms with Gasteiger partial charge in [0, 0.05) is 36.6 Å². The fraction of sp³-hybridized carbons (Fsp3) is 0.200. The Morgan fingerprint density at radius 3 is 2.61 bits per heavy atom. The van der Waals surface area contributed by atoms with Crippen LogP contribution in [0, 0.1) is 12.7 Å². The Kier molecular flexibility index (Phi) is 4.38. The monoisotopic (exact) mass is 378 g/mol. The fourth-order valence-corrected chi connectivity index (χ4v) is 3.24. The lowest BCUT2D eigenvalue weighted by molar-refractivity contribution is 0.0934. The summed E-state index contributed by atoms with van der Waals surface area (Å²) in [6, 6.07) is 9.29. The second-order valence-electron chi connectivity index (χ2n) is 6.68. The van der Waals surface area contributed by atoms with Gasteiger partial charge in [-0.3, -0.25) is 9.48 Å². The molecule has 0 aliphatic heterocycles. The summed E-state index contributed by atoms with van der Waals surface area (Å²) in [6.07, 6.45) is 3.52. The number of carbonyl (C=O) groups is 1. The first-order valence-electron chi connectivity index (χ1n) is 8.84. The van der Waals surface area contributed by atoms with Crippen LogP contribution in [0.5, 0.6) is 0 Å². The highest BCUT2D eigenvalue weighted by Crippen LogP contribution is 2.21. The van der Waals surface area contributed by atoms with Gasteiger partial charge in [0.05, 0.1) is 17.4 Å². The number of fused-ring (bicyclic) bond motifs is 1. The summed E-state index contributed by atoms with van der Waals surface area (Å²) in [5.74, 6) is -0.611. The van der Waals surface area contributed by atoms with E-state index in [0.29, 0.717) is 5.65 Å². The zero-order chi connectivity index (χ0) is 19.8. The van der Waals surface area contributed by atoms with E-state index in [2.05, 4.69) is 20.5 Å². The zero-order valence-electron chi connectivity index (χ0n) is 15.7. The Morgan fingerprint density at radius 2 is 1.93 bits per heavy atom. The quantitative estimate of drug-likeness (QED) is 0.592. The highest BCUT2D eigenvalue weighted by molar-refractivity contribution is 5.93. The molecule has 1 amide bonds. The van der Waals surface area contributed by atoms with Gasteiger partial charge in [-0.05, 0) is 44.2 Å². The van der Waals surface area contributed by atoms with E-state index in [9.17, 15) is 9.18 Å². The Labute approximate surface area is 160 Å². The largest absolute Gasteiger partial charge is 0.344 e. The molecule has 0 radical (unpaired) electrons. The van der Waals surface area contributed by atoms with Crippen LogP contribution in [0.15, 0.2) is 48.8 Å². The van der Waals surface area contributed by atoms with Crippen molar-refractivity contribution in [2.75, 3.05) is 0 Å². The predicted molar refractivity (Wildman–Crippen MR) is 102 cm³/mol. The van der Waals surface area contributed by atoms with Gasteiger partial charge in [-0.15, -0.1) is 0 Å². The van der Waals surface area contributed by atoms with Gasteiger partial charge in [-0.25, -0.2) is 13.9 Å². The summed E-state index contributed by atoms with van der Waals surface area (Å²) < 4.78 is 16.5. The second kappa shape index (κ2) is 6.88. The molecule has 4 aromatic rings. The Hall–Kier alpha value is -3.55. The molecule has 8 heteroatoms. The van der Waals surface area contributed by atoms with E-state index in [1.807, 2.05) is 27.1 Å². The van der Waals surface area contributed by atoms with E-state index < -0.39 is 0 Å². The van der Waals surface area contributed by atoms with Crippen LogP contribution < -0.4 is 5.32 Å². The molecule has 1 atom stereocenters. The maximum Gasteiger partial charge on any atom is 0.272 e. The molecule has 0 saturated heterocycles. The van der Waals surface area contributed by atoms with Crippen LogP contribution in [0.2, 0.25) is 0 Å². The zero-order valence-corrected chi connectivity index (χ0v) is 15.7. The minimum atomic E-state index is -0.311. The lowest BCUT2D eigenvalue weighted by atomic mass is 10.1. The maximum absolute atomic E-state index is 13.2. The van der Waals surface area contributed by atoms with E-state index in [0.717, 1.165) is 22.5 Å². The molecule has 0 unspecified atom stereocenters. The Bertz CT molecular complexity index is 1160. The molecule has 3 aromatic heterocycles. The van der Waals surface area contributed by atoms with E-state index in [-0.39, 0.29) is 23.5 Å². The summed E-state index contributed by atoms with van der Waals surface area (Å²) in [6.45, 7) is 3.81. The molecular formula is C20H19FN6O. The molecular weight excluding hydrogens is 359 g/mol. The van der Waals surface area contributed by atoms with Gasteiger partial charge in [0.2, 0.25) is 0 Å². The lowest BCUT2D eigenvalue weighted by Crippen LogP contribution is -2.27. The van der Waals surface area contributed by atoms with Gasteiger partial charge in [0.15, 0.2) is 11.3 Å². The van der Waals surface area contributed by atoms with Crippen molar-refractivity contribution >= 4 is 11.6 Å². The number of aromatic nitrogens is 5. The molecule has 0 aliphatic carbocycles. The third-order valence-electron chi connectivity index (χ3n) is 4.60. The summed E-state index contributed by atoms with van der Waals surface area (Å²) in [5.41, 5.74) is 4.12. The molecule has 0 aliphatic rings. The van der Waals surface area contributed by atoms with Gasteiger partial charge < -0.3 is 5.32 Å². The van der Waals surface area contributed by atoms with Crippen molar-refractivity contribution in [3.8, 4) is 11.3 Å². The molecule has 28 heavy (non-hydrogen) atoms. The van der Waals surface area contributed by atoms with Crippen LogP contribution in [-0.2, 0) is 7.05 Å². The molecule has 1 N–H and O–H groups in total. The van der Waals surface area contributed by atoms with Crippen molar-refractivity contribution in [2.45, 2.75) is 19.9 Å². The standard InChI is InChI=1S/C20H19FN6O/c1-12(16-11-26(3)24-13(16)2)23-20(28)17-10-19-22-9-8-18(27(19)25-17)14-4-6-15(21)7-5-14/h4-12H,1-3H3,(H,23,28)/t12-/m0/s1.